The average molecular weight is 442 g/mol. The van der Waals surface area contributed by atoms with Gasteiger partial charge < -0.3 is 11.1 Å². The normalized spacial score (nSPS) is 24.2. The monoisotopic (exact) mass is 442 g/mol. The fraction of sp³-hybridized carbons (Fsp3) is 0.278. The second-order valence-corrected chi connectivity index (χ2v) is 8.77. The third kappa shape index (κ3) is 2.78. The number of hydrogen-bond donors (Lipinski definition) is 2. The van der Waals surface area contributed by atoms with Crippen LogP contribution in [0.4, 0.5) is 17.6 Å². The molecular formula is C18H14F4N4O3S. The summed E-state index contributed by atoms with van der Waals surface area (Å²) in [6, 6.07) is 2.28. The Bertz CT molecular complexity index is 1160. The molecule has 3 heterocycles. The van der Waals surface area contributed by atoms with E-state index in [0.717, 1.165) is 16.4 Å². The number of alkyl halides is 3. The number of sulfonamides is 1. The first-order chi connectivity index (χ1) is 14.0. The van der Waals surface area contributed by atoms with E-state index >= 15 is 0 Å². The van der Waals surface area contributed by atoms with Gasteiger partial charge in [-0.3, -0.25) is 9.78 Å². The first-order valence-corrected chi connectivity index (χ1v) is 10.1. The number of carbonyl (C=O) groups is 1. The molecule has 2 bridgehead atoms. The average Bonchev–Trinajstić information content (AvgIpc) is 3.00. The highest BCUT2D eigenvalue weighted by Gasteiger charge is 2.58. The first-order valence-electron chi connectivity index (χ1n) is 8.68. The summed E-state index contributed by atoms with van der Waals surface area (Å²) in [4.78, 5) is 15.4. The molecule has 7 nitrogen and oxygen atoms in total. The number of nitrogens with one attached hydrogen (secondary N) is 1. The minimum absolute atomic E-state index is 0.0583. The molecule has 158 valence electrons. The molecule has 0 aliphatic carbocycles. The number of aromatic nitrogens is 1. The van der Waals surface area contributed by atoms with Crippen molar-refractivity contribution in [3.8, 4) is 0 Å². The SMILES string of the molecule is N=C1C(=O)C2c3cccc(F)c3C(C1CN)N2S(=O)(=O)c1ccc(C(F)(F)F)nc1. The molecule has 2 aliphatic heterocycles. The molecule has 0 amide bonds. The van der Waals surface area contributed by atoms with Crippen molar-refractivity contribution in [1.82, 2.24) is 9.29 Å². The van der Waals surface area contributed by atoms with Crippen molar-refractivity contribution in [2.75, 3.05) is 6.54 Å². The van der Waals surface area contributed by atoms with Gasteiger partial charge in [0.1, 0.15) is 22.4 Å². The number of halogens is 4. The van der Waals surface area contributed by atoms with E-state index in [2.05, 4.69) is 4.98 Å². The van der Waals surface area contributed by atoms with Gasteiger partial charge in [-0.05, 0) is 23.8 Å². The van der Waals surface area contributed by atoms with Gasteiger partial charge in [-0.25, -0.2) is 12.8 Å². The molecule has 3 N–H and O–H groups in total. The van der Waals surface area contributed by atoms with Crippen LogP contribution < -0.4 is 5.73 Å². The van der Waals surface area contributed by atoms with E-state index < -0.39 is 62.1 Å². The number of benzene rings is 1. The van der Waals surface area contributed by atoms with Crippen molar-refractivity contribution in [3.05, 3.63) is 59.2 Å². The van der Waals surface area contributed by atoms with Gasteiger partial charge in [-0.15, -0.1) is 0 Å². The van der Waals surface area contributed by atoms with Crippen molar-refractivity contribution in [2.45, 2.75) is 23.2 Å². The van der Waals surface area contributed by atoms with Crippen molar-refractivity contribution >= 4 is 21.5 Å². The number of hydrogen-bond acceptors (Lipinski definition) is 6. The summed E-state index contributed by atoms with van der Waals surface area (Å²) in [7, 11) is -4.58. The summed E-state index contributed by atoms with van der Waals surface area (Å²) in [5.74, 6) is -2.72. The Morgan fingerprint density at radius 2 is 1.90 bits per heavy atom. The van der Waals surface area contributed by atoms with Crippen LogP contribution in [0.15, 0.2) is 41.4 Å². The lowest BCUT2D eigenvalue weighted by Gasteiger charge is -2.38. The van der Waals surface area contributed by atoms with Gasteiger partial charge in [0.15, 0.2) is 5.78 Å². The molecule has 0 saturated carbocycles. The molecule has 1 aromatic heterocycles. The minimum Gasteiger partial charge on any atom is -0.330 e. The predicted octanol–water partition coefficient (Wildman–Crippen LogP) is 2.20. The number of nitrogens with two attached hydrogens (primary N) is 1. The lowest BCUT2D eigenvalue weighted by atomic mass is 9.87. The van der Waals surface area contributed by atoms with Gasteiger partial charge >= 0.3 is 6.18 Å². The number of carbonyl (C=O) groups excluding carboxylic acids is 1. The van der Waals surface area contributed by atoms with Crippen LogP contribution >= 0.6 is 0 Å². The molecule has 2 aliphatic rings. The topological polar surface area (TPSA) is 117 Å². The molecule has 3 atom stereocenters. The van der Waals surface area contributed by atoms with E-state index in [4.69, 9.17) is 11.1 Å². The van der Waals surface area contributed by atoms with Gasteiger partial charge in [0.25, 0.3) is 0 Å². The van der Waals surface area contributed by atoms with E-state index in [0.29, 0.717) is 12.3 Å². The van der Waals surface area contributed by atoms with Crippen molar-refractivity contribution in [3.63, 3.8) is 0 Å². The smallest absolute Gasteiger partial charge is 0.330 e. The maximum absolute atomic E-state index is 14.7. The Morgan fingerprint density at radius 3 is 2.47 bits per heavy atom. The fourth-order valence-corrected chi connectivity index (χ4v) is 5.72. The van der Waals surface area contributed by atoms with Crippen LogP contribution in [-0.2, 0) is 21.0 Å². The second-order valence-electron chi connectivity index (χ2n) is 6.92. The quantitative estimate of drug-likeness (QED) is 0.707. The molecule has 0 radical (unpaired) electrons. The van der Waals surface area contributed by atoms with Gasteiger partial charge in [-0.1, -0.05) is 12.1 Å². The zero-order valence-corrected chi connectivity index (χ0v) is 15.8. The van der Waals surface area contributed by atoms with E-state index in [1.165, 1.54) is 12.1 Å². The predicted molar refractivity (Wildman–Crippen MR) is 95.4 cm³/mol. The van der Waals surface area contributed by atoms with Gasteiger partial charge in [0.05, 0.1) is 11.8 Å². The largest absolute Gasteiger partial charge is 0.433 e. The van der Waals surface area contributed by atoms with E-state index in [1.54, 1.807) is 0 Å². The third-order valence-corrected chi connectivity index (χ3v) is 7.16. The molecule has 4 rings (SSSR count). The highest BCUT2D eigenvalue weighted by atomic mass is 32.2. The maximum atomic E-state index is 14.7. The maximum Gasteiger partial charge on any atom is 0.433 e. The van der Waals surface area contributed by atoms with Crippen LogP contribution in [0.5, 0.6) is 0 Å². The molecule has 30 heavy (non-hydrogen) atoms. The number of pyridine rings is 1. The summed E-state index contributed by atoms with van der Waals surface area (Å²) < 4.78 is 80.4. The number of fused-ring (bicyclic) bond motifs is 5. The zero-order valence-electron chi connectivity index (χ0n) is 15.0. The van der Waals surface area contributed by atoms with Crippen molar-refractivity contribution < 1.29 is 30.8 Å². The number of ketones is 1. The fourth-order valence-electron chi connectivity index (χ4n) is 4.01. The summed E-state index contributed by atoms with van der Waals surface area (Å²) in [6.45, 7) is -0.299. The Morgan fingerprint density at radius 1 is 1.20 bits per heavy atom. The van der Waals surface area contributed by atoms with Crippen LogP contribution in [-0.4, -0.2) is 35.7 Å². The Balaban J connectivity index is 1.89. The second kappa shape index (κ2) is 6.65. The molecule has 12 heteroatoms. The van der Waals surface area contributed by atoms with Crippen LogP contribution in [0, 0.1) is 17.1 Å². The lowest BCUT2D eigenvalue weighted by molar-refractivity contribution is -0.141. The Labute approximate surface area is 168 Å². The molecule has 1 saturated heterocycles. The number of piperidine rings is 1. The molecule has 1 aromatic carbocycles. The Kier molecular flexibility index (Phi) is 4.56. The molecule has 2 aromatic rings. The van der Waals surface area contributed by atoms with Crippen molar-refractivity contribution in [2.24, 2.45) is 11.7 Å². The first kappa shape index (κ1) is 20.6. The number of nitrogens with zero attached hydrogens (tertiary/aromatic N) is 2. The molecular weight excluding hydrogens is 428 g/mol. The lowest BCUT2D eigenvalue weighted by Crippen LogP contribution is -2.51. The van der Waals surface area contributed by atoms with Gasteiger partial charge in [-0.2, -0.15) is 17.5 Å². The summed E-state index contributed by atoms with van der Waals surface area (Å²) in [5, 5.41) is 8.08. The van der Waals surface area contributed by atoms with E-state index in [1.807, 2.05) is 0 Å². The van der Waals surface area contributed by atoms with Crippen molar-refractivity contribution in [1.29, 1.82) is 5.41 Å². The van der Waals surface area contributed by atoms with E-state index in [-0.39, 0.29) is 17.7 Å². The van der Waals surface area contributed by atoms with Crippen LogP contribution in [0.1, 0.15) is 28.9 Å². The highest BCUT2D eigenvalue weighted by Crippen LogP contribution is 2.53. The van der Waals surface area contributed by atoms with E-state index in [9.17, 15) is 30.8 Å². The van der Waals surface area contributed by atoms with Gasteiger partial charge in [0.2, 0.25) is 10.0 Å². The third-order valence-electron chi connectivity index (χ3n) is 5.33. The Hall–Kier alpha value is -2.70. The summed E-state index contributed by atoms with van der Waals surface area (Å²) >= 11 is 0. The summed E-state index contributed by atoms with van der Waals surface area (Å²) in [6.07, 6.45) is -4.22. The van der Waals surface area contributed by atoms with Crippen LogP contribution in [0.25, 0.3) is 0 Å². The minimum atomic E-state index is -4.76. The molecule has 3 unspecified atom stereocenters. The zero-order chi connectivity index (χ0) is 22.0. The highest BCUT2D eigenvalue weighted by molar-refractivity contribution is 7.89. The van der Waals surface area contributed by atoms with Crippen LogP contribution in [0.3, 0.4) is 0 Å². The number of rotatable bonds is 3. The summed E-state index contributed by atoms with van der Waals surface area (Å²) in [5.41, 5.74) is 4.02. The molecule has 0 spiro atoms. The van der Waals surface area contributed by atoms with Crippen LogP contribution in [0.2, 0.25) is 0 Å². The standard InChI is InChI=1S/C18H14F4N4O3S/c19-11-3-1-2-9-13(11)15-10(6-23)14(24)17(27)16(9)26(15)30(28,29)8-4-5-12(25-7-8)18(20,21)22/h1-5,7,10,15-16,24H,6,23H2. The number of Topliss-reactive ketones (excluding diaryl/α,β-unsaturated/α-hetero) is 1. The molecule has 1 fully saturated rings. The van der Waals surface area contributed by atoms with Gasteiger partial charge in [0, 0.05) is 24.2 Å².